The molecule has 0 fully saturated rings. The van der Waals surface area contributed by atoms with Crippen LogP contribution in [0.2, 0.25) is 0 Å². The van der Waals surface area contributed by atoms with Crippen LogP contribution in [0.15, 0.2) is 34.1 Å². The number of ketones is 1. The first-order valence-corrected chi connectivity index (χ1v) is 8.39. The first-order chi connectivity index (χ1) is 10.6. The van der Waals surface area contributed by atoms with Crippen LogP contribution in [0.4, 0.5) is 0 Å². The molecule has 0 saturated heterocycles. The van der Waals surface area contributed by atoms with E-state index < -0.39 is 15.6 Å². The lowest BCUT2D eigenvalue weighted by atomic mass is 10.1. The predicted molar refractivity (Wildman–Crippen MR) is 86.2 cm³/mol. The van der Waals surface area contributed by atoms with E-state index in [9.17, 15) is 18.0 Å². The van der Waals surface area contributed by atoms with Crippen LogP contribution in [0, 0.1) is 13.8 Å². The van der Waals surface area contributed by atoms with Gasteiger partial charge in [-0.05, 0) is 26.0 Å². The SMILES string of the molecule is Cc1cc(C(=O)Cn2cc(S(=O)(=O)N(C)C)ccc2=O)c(C)[nH]1. The molecule has 0 aliphatic heterocycles. The Balaban J connectivity index is 2.39. The minimum Gasteiger partial charge on any atom is -0.362 e. The zero-order valence-electron chi connectivity index (χ0n) is 13.5. The van der Waals surface area contributed by atoms with Crippen molar-refractivity contribution in [3.8, 4) is 0 Å². The summed E-state index contributed by atoms with van der Waals surface area (Å²) in [6.07, 6.45) is 1.20. The van der Waals surface area contributed by atoms with Crippen molar-refractivity contribution in [3.05, 3.63) is 51.7 Å². The lowest BCUT2D eigenvalue weighted by Gasteiger charge is -2.13. The van der Waals surface area contributed by atoms with Gasteiger partial charge >= 0.3 is 0 Å². The smallest absolute Gasteiger partial charge is 0.251 e. The molecule has 8 heteroatoms. The number of aromatic amines is 1. The highest BCUT2D eigenvalue weighted by atomic mass is 32.2. The maximum absolute atomic E-state index is 12.4. The average molecular weight is 337 g/mol. The molecule has 2 aromatic rings. The van der Waals surface area contributed by atoms with E-state index in [1.807, 2.05) is 6.92 Å². The third-order valence-corrected chi connectivity index (χ3v) is 5.30. The van der Waals surface area contributed by atoms with Gasteiger partial charge in [0.2, 0.25) is 10.0 Å². The van der Waals surface area contributed by atoms with Crippen molar-refractivity contribution in [1.82, 2.24) is 13.9 Å². The summed E-state index contributed by atoms with van der Waals surface area (Å²) >= 11 is 0. The van der Waals surface area contributed by atoms with Gasteiger partial charge in [0.15, 0.2) is 5.78 Å². The molecule has 0 atom stereocenters. The summed E-state index contributed by atoms with van der Waals surface area (Å²) in [6.45, 7) is 3.39. The minimum absolute atomic E-state index is 0.0307. The Morgan fingerprint density at radius 3 is 2.43 bits per heavy atom. The van der Waals surface area contributed by atoms with Crippen LogP contribution in [0.1, 0.15) is 21.7 Å². The summed E-state index contributed by atoms with van der Waals surface area (Å²) < 4.78 is 26.4. The first-order valence-electron chi connectivity index (χ1n) is 6.95. The van der Waals surface area contributed by atoms with E-state index >= 15 is 0 Å². The number of hydrogen-bond acceptors (Lipinski definition) is 4. The molecule has 1 N–H and O–H groups in total. The van der Waals surface area contributed by atoms with Gasteiger partial charge in [-0.15, -0.1) is 0 Å². The number of H-pyrrole nitrogens is 1. The number of aryl methyl sites for hydroxylation is 2. The molecule has 23 heavy (non-hydrogen) atoms. The van der Waals surface area contributed by atoms with Crippen molar-refractivity contribution in [2.45, 2.75) is 25.3 Å². The largest absolute Gasteiger partial charge is 0.362 e. The van der Waals surface area contributed by atoms with Gasteiger partial charge in [-0.2, -0.15) is 0 Å². The number of carbonyl (C=O) groups excluding carboxylic acids is 1. The van der Waals surface area contributed by atoms with Gasteiger partial charge in [0.1, 0.15) is 0 Å². The normalized spacial score (nSPS) is 11.9. The molecule has 0 aromatic carbocycles. The number of Topliss-reactive ketones (excluding diaryl/α,β-unsaturated/α-hetero) is 1. The average Bonchev–Trinajstić information content (AvgIpc) is 2.79. The summed E-state index contributed by atoms with van der Waals surface area (Å²) in [7, 11) is -0.855. The number of pyridine rings is 1. The van der Waals surface area contributed by atoms with Gasteiger partial charge in [-0.1, -0.05) is 0 Å². The summed E-state index contributed by atoms with van der Waals surface area (Å²) in [5.74, 6) is -0.256. The second-order valence-electron chi connectivity index (χ2n) is 5.53. The van der Waals surface area contributed by atoms with E-state index in [1.54, 1.807) is 13.0 Å². The fraction of sp³-hybridized carbons (Fsp3) is 0.333. The fourth-order valence-corrected chi connectivity index (χ4v) is 3.17. The van der Waals surface area contributed by atoms with Gasteiger partial charge in [0.05, 0.1) is 11.4 Å². The Kier molecular flexibility index (Phi) is 4.58. The molecule has 2 aromatic heterocycles. The van der Waals surface area contributed by atoms with E-state index in [0.29, 0.717) is 5.56 Å². The number of carbonyl (C=O) groups is 1. The van der Waals surface area contributed by atoms with Crippen molar-refractivity contribution in [2.75, 3.05) is 14.1 Å². The quantitative estimate of drug-likeness (QED) is 0.822. The topological polar surface area (TPSA) is 92.2 Å². The molecule has 124 valence electrons. The molecular formula is C15H19N3O4S. The van der Waals surface area contributed by atoms with Crippen LogP contribution in [0.5, 0.6) is 0 Å². The van der Waals surface area contributed by atoms with Crippen LogP contribution in [-0.2, 0) is 16.6 Å². The maximum Gasteiger partial charge on any atom is 0.251 e. The molecule has 0 spiro atoms. The number of nitrogens with zero attached hydrogens (tertiary/aromatic N) is 2. The summed E-state index contributed by atoms with van der Waals surface area (Å²) in [6, 6.07) is 4.10. The second-order valence-corrected chi connectivity index (χ2v) is 7.68. The number of rotatable bonds is 5. The van der Waals surface area contributed by atoms with E-state index in [1.165, 1.54) is 26.4 Å². The lowest BCUT2D eigenvalue weighted by Crippen LogP contribution is -2.27. The van der Waals surface area contributed by atoms with Gasteiger partial charge in [-0.25, -0.2) is 12.7 Å². The zero-order chi connectivity index (χ0) is 17.4. The Morgan fingerprint density at radius 1 is 1.26 bits per heavy atom. The molecule has 0 radical (unpaired) electrons. The summed E-state index contributed by atoms with van der Waals surface area (Å²) in [4.78, 5) is 27.3. The highest BCUT2D eigenvalue weighted by Crippen LogP contribution is 2.13. The van der Waals surface area contributed by atoms with Crippen molar-refractivity contribution >= 4 is 15.8 Å². The number of sulfonamides is 1. The Labute approximate surface area is 134 Å². The van der Waals surface area contributed by atoms with E-state index in [-0.39, 0.29) is 17.2 Å². The van der Waals surface area contributed by atoms with Crippen LogP contribution in [0.3, 0.4) is 0 Å². The monoisotopic (exact) mass is 337 g/mol. The lowest BCUT2D eigenvalue weighted by molar-refractivity contribution is 0.0970. The zero-order valence-corrected chi connectivity index (χ0v) is 14.3. The number of aromatic nitrogens is 2. The van der Waals surface area contributed by atoms with Gasteiger partial charge in [0.25, 0.3) is 5.56 Å². The molecule has 0 aliphatic carbocycles. The first kappa shape index (κ1) is 17.2. The third kappa shape index (κ3) is 3.43. The summed E-state index contributed by atoms with van der Waals surface area (Å²) in [5.41, 5.74) is 1.64. The van der Waals surface area contributed by atoms with Crippen LogP contribution in [0.25, 0.3) is 0 Å². The van der Waals surface area contributed by atoms with E-state index in [2.05, 4.69) is 4.98 Å². The van der Waals surface area contributed by atoms with Crippen LogP contribution in [-0.4, -0.2) is 42.2 Å². The Hall–Kier alpha value is -2.19. The van der Waals surface area contributed by atoms with Gasteiger partial charge < -0.3 is 9.55 Å². The van der Waals surface area contributed by atoms with Crippen molar-refractivity contribution < 1.29 is 13.2 Å². The summed E-state index contributed by atoms with van der Waals surface area (Å²) in [5, 5.41) is 0. The van der Waals surface area contributed by atoms with Crippen LogP contribution >= 0.6 is 0 Å². The van der Waals surface area contributed by atoms with Gasteiger partial charge in [0, 0.05) is 43.3 Å². The van der Waals surface area contributed by atoms with Crippen molar-refractivity contribution in [1.29, 1.82) is 0 Å². The molecule has 0 aliphatic rings. The second kappa shape index (κ2) is 6.13. The van der Waals surface area contributed by atoms with E-state index in [4.69, 9.17) is 0 Å². The Bertz CT molecular complexity index is 907. The Morgan fingerprint density at radius 2 is 1.91 bits per heavy atom. The predicted octanol–water partition coefficient (Wildman–Crippen LogP) is 0.926. The van der Waals surface area contributed by atoms with Crippen molar-refractivity contribution in [2.24, 2.45) is 0 Å². The fourth-order valence-electron chi connectivity index (χ4n) is 2.25. The molecule has 0 unspecified atom stereocenters. The third-order valence-electron chi connectivity index (χ3n) is 3.50. The highest BCUT2D eigenvalue weighted by Gasteiger charge is 2.19. The molecule has 7 nitrogen and oxygen atoms in total. The molecular weight excluding hydrogens is 318 g/mol. The number of nitrogens with one attached hydrogen (secondary N) is 1. The minimum atomic E-state index is -3.66. The van der Waals surface area contributed by atoms with Crippen molar-refractivity contribution in [3.63, 3.8) is 0 Å². The van der Waals surface area contributed by atoms with Crippen LogP contribution < -0.4 is 5.56 Å². The highest BCUT2D eigenvalue weighted by molar-refractivity contribution is 7.89. The molecule has 0 amide bonds. The molecule has 2 heterocycles. The van der Waals surface area contributed by atoms with Gasteiger partial charge in [-0.3, -0.25) is 9.59 Å². The molecule has 2 rings (SSSR count). The molecule has 0 saturated carbocycles. The molecule has 0 bridgehead atoms. The standard InChI is InChI=1S/C15H19N3O4S/c1-10-7-13(11(2)16-10)14(19)9-18-8-12(5-6-15(18)20)23(21,22)17(3)4/h5-8,16H,9H2,1-4H3. The maximum atomic E-state index is 12.4. The van der Waals surface area contributed by atoms with E-state index in [0.717, 1.165) is 26.3 Å². The number of hydrogen-bond donors (Lipinski definition) is 1.